The number of amides is 1. The number of benzene rings is 3. The van der Waals surface area contributed by atoms with Crippen LogP contribution in [-0.4, -0.2) is 12.5 Å². The highest BCUT2D eigenvalue weighted by atomic mass is 79.9. The number of nitrogens with one attached hydrogen (secondary N) is 1. The Morgan fingerprint density at radius 1 is 1.00 bits per heavy atom. The summed E-state index contributed by atoms with van der Waals surface area (Å²) < 4.78 is 6.65. The molecule has 3 aromatic carbocycles. The molecule has 138 valence electrons. The molecule has 3 aromatic rings. The summed E-state index contributed by atoms with van der Waals surface area (Å²) >= 11 is 15.4. The average Bonchev–Trinajstić information content (AvgIpc) is 2.66. The third-order valence-electron chi connectivity index (χ3n) is 3.86. The van der Waals surface area contributed by atoms with Crippen molar-refractivity contribution in [2.24, 2.45) is 0 Å². The lowest BCUT2D eigenvalue weighted by Crippen LogP contribution is -2.14. The molecule has 0 bridgehead atoms. The second kappa shape index (κ2) is 9.27. The molecule has 27 heavy (non-hydrogen) atoms. The van der Waals surface area contributed by atoms with Crippen molar-refractivity contribution in [1.82, 2.24) is 0 Å². The molecule has 3 nitrogen and oxygen atoms in total. The van der Waals surface area contributed by atoms with Crippen LogP contribution in [0.15, 0.2) is 71.2 Å². The number of anilines is 1. The molecule has 0 atom stereocenters. The van der Waals surface area contributed by atoms with E-state index in [-0.39, 0.29) is 5.91 Å². The van der Waals surface area contributed by atoms with Crippen molar-refractivity contribution < 1.29 is 9.53 Å². The Morgan fingerprint density at radius 2 is 1.78 bits per heavy atom. The fourth-order valence-corrected chi connectivity index (χ4v) is 3.33. The van der Waals surface area contributed by atoms with Crippen LogP contribution < -0.4 is 10.1 Å². The van der Waals surface area contributed by atoms with E-state index in [0.717, 1.165) is 10.9 Å². The van der Waals surface area contributed by atoms with Crippen molar-refractivity contribution in [3.05, 3.63) is 92.4 Å². The molecule has 0 heterocycles. The lowest BCUT2D eigenvalue weighted by atomic mass is 10.1. The van der Waals surface area contributed by atoms with E-state index in [1.54, 1.807) is 30.3 Å². The highest BCUT2D eigenvalue weighted by molar-refractivity contribution is 9.10. The minimum Gasteiger partial charge on any atom is -0.492 e. The van der Waals surface area contributed by atoms with Gasteiger partial charge < -0.3 is 10.1 Å². The van der Waals surface area contributed by atoms with Crippen LogP contribution in [0.4, 0.5) is 5.69 Å². The van der Waals surface area contributed by atoms with E-state index < -0.39 is 0 Å². The Balaban J connectivity index is 1.73. The first-order chi connectivity index (χ1) is 13.0. The second-order valence-corrected chi connectivity index (χ2v) is 7.56. The van der Waals surface area contributed by atoms with Crippen molar-refractivity contribution in [3.8, 4) is 5.75 Å². The molecule has 0 saturated carbocycles. The maximum atomic E-state index is 12.8. The van der Waals surface area contributed by atoms with Gasteiger partial charge in [0.25, 0.3) is 5.91 Å². The zero-order valence-electron chi connectivity index (χ0n) is 14.2. The summed E-state index contributed by atoms with van der Waals surface area (Å²) in [6.07, 6.45) is 0.751. The van der Waals surface area contributed by atoms with Crippen LogP contribution in [0.25, 0.3) is 0 Å². The predicted octanol–water partition coefficient (Wildman–Crippen LogP) is 6.63. The van der Waals surface area contributed by atoms with Crippen molar-refractivity contribution in [2.45, 2.75) is 6.42 Å². The summed E-state index contributed by atoms with van der Waals surface area (Å²) in [7, 11) is 0. The van der Waals surface area contributed by atoms with E-state index in [4.69, 9.17) is 27.9 Å². The number of ether oxygens (including phenoxy) is 1. The van der Waals surface area contributed by atoms with Crippen LogP contribution >= 0.6 is 39.1 Å². The minimum atomic E-state index is -0.310. The average molecular weight is 465 g/mol. The number of carbonyl (C=O) groups excluding carboxylic acids is 1. The Morgan fingerprint density at radius 3 is 2.52 bits per heavy atom. The van der Waals surface area contributed by atoms with Crippen LogP contribution in [0, 0.1) is 0 Å². The molecular weight excluding hydrogens is 449 g/mol. The number of rotatable bonds is 6. The lowest BCUT2D eigenvalue weighted by Gasteiger charge is -2.13. The Labute approximate surface area is 176 Å². The molecule has 0 aliphatic rings. The van der Waals surface area contributed by atoms with Gasteiger partial charge >= 0.3 is 0 Å². The fraction of sp³-hybridized carbons (Fsp3) is 0.0952. The quantitative estimate of drug-likeness (QED) is 0.444. The lowest BCUT2D eigenvalue weighted by molar-refractivity contribution is 0.102. The van der Waals surface area contributed by atoms with Gasteiger partial charge in [0.15, 0.2) is 0 Å². The fourth-order valence-electron chi connectivity index (χ4n) is 2.51. The van der Waals surface area contributed by atoms with Crippen molar-refractivity contribution in [2.75, 3.05) is 11.9 Å². The van der Waals surface area contributed by atoms with Gasteiger partial charge in [-0.05, 0) is 42.0 Å². The Kier molecular flexibility index (Phi) is 6.78. The van der Waals surface area contributed by atoms with Crippen LogP contribution in [0.3, 0.4) is 0 Å². The first kappa shape index (κ1) is 19.7. The molecule has 0 unspecified atom stereocenters. The van der Waals surface area contributed by atoms with Crippen molar-refractivity contribution >= 4 is 50.7 Å². The molecule has 0 fully saturated rings. The van der Waals surface area contributed by atoms with Gasteiger partial charge in [0.2, 0.25) is 0 Å². The smallest absolute Gasteiger partial charge is 0.259 e. The number of halogens is 3. The van der Waals surface area contributed by atoms with E-state index in [0.29, 0.717) is 33.7 Å². The van der Waals surface area contributed by atoms with E-state index >= 15 is 0 Å². The Bertz CT molecular complexity index is 948. The van der Waals surface area contributed by atoms with Gasteiger partial charge in [-0.1, -0.05) is 69.5 Å². The highest BCUT2D eigenvalue weighted by Gasteiger charge is 2.15. The van der Waals surface area contributed by atoms with Crippen LogP contribution in [0.1, 0.15) is 15.9 Å². The summed E-state index contributed by atoms with van der Waals surface area (Å²) in [6, 6.07) is 20.3. The van der Waals surface area contributed by atoms with Crippen LogP contribution in [0.5, 0.6) is 5.75 Å². The zero-order valence-corrected chi connectivity index (χ0v) is 17.3. The third-order valence-corrected chi connectivity index (χ3v) is 4.90. The van der Waals surface area contributed by atoms with Gasteiger partial charge in [-0.15, -0.1) is 0 Å². The molecule has 3 rings (SSSR count). The van der Waals surface area contributed by atoms with Gasteiger partial charge in [0.1, 0.15) is 5.75 Å². The van der Waals surface area contributed by atoms with Gasteiger partial charge in [-0.3, -0.25) is 4.79 Å². The van der Waals surface area contributed by atoms with Gasteiger partial charge in [-0.25, -0.2) is 0 Å². The largest absolute Gasteiger partial charge is 0.492 e. The zero-order chi connectivity index (χ0) is 19.2. The summed E-state index contributed by atoms with van der Waals surface area (Å²) in [5.74, 6) is 0.201. The third kappa shape index (κ3) is 5.48. The number of carbonyl (C=O) groups is 1. The molecule has 0 spiro atoms. The molecule has 6 heteroatoms. The molecule has 0 aromatic heterocycles. The van der Waals surface area contributed by atoms with E-state index in [9.17, 15) is 4.79 Å². The topological polar surface area (TPSA) is 38.3 Å². The highest BCUT2D eigenvalue weighted by Crippen LogP contribution is 2.28. The first-order valence-electron chi connectivity index (χ1n) is 8.25. The molecule has 0 radical (unpaired) electrons. The van der Waals surface area contributed by atoms with E-state index in [2.05, 4.69) is 21.2 Å². The normalized spacial score (nSPS) is 10.5. The monoisotopic (exact) mass is 463 g/mol. The summed E-state index contributed by atoms with van der Waals surface area (Å²) in [5, 5.41) is 3.68. The maximum Gasteiger partial charge on any atom is 0.259 e. The molecule has 1 amide bonds. The Hall–Kier alpha value is -2.01. The second-order valence-electron chi connectivity index (χ2n) is 5.80. The molecule has 0 aliphatic heterocycles. The summed E-state index contributed by atoms with van der Waals surface area (Å²) in [6.45, 7) is 0.466. The molecule has 0 aliphatic carbocycles. The van der Waals surface area contributed by atoms with Crippen molar-refractivity contribution in [1.29, 1.82) is 0 Å². The SMILES string of the molecule is O=C(Nc1ccc(Cl)cc1Cl)c1cc(Br)ccc1OCCc1ccccc1. The molecule has 0 saturated heterocycles. The van der Waals surface area contributed by atoms with Gasteiger partial charge in [0, 0.05) is 15.9 Å². The maximum absolute atomic E-state index is 12.8. The molecular formula is C21H16BrCl2NO2. The van der Waals surface area contributed by atoms with Crippen LogP contribution in [-0.2, 0) is 6.42 Å². The predicted molar refractivity (Wildman–Crippen MR) is 114 cm³/mol. The summed E-state index contributed by atoms with van der Waals surface area (Å²) in [5.41, 5.74) is 2.08. The number of hydrogen-bond donors (Lipinski definition) is 1. The number of hydrogen-bond acceptors (Lipinski definition) is 2. The summed E-state index contributed by atoms with van der Waals surface area (Å²) in [4.78, 5) is 12.8. The van der Waals surface area contributed by atoms with E-state index in [1.807, 2.05) is 36.4 Å². The standard InChI is InChI=1S/C21H16BrCl2NO2/c22-15-6-9-20(27-11-10-14-4-2-1-3-5-14)17(12-15)21(26)25-19-8-7-16(23)13-18(19)24/h1-9,12-13H,10-11H2,(H,25,26). The molecule has 1 N–H and O–H groups in total. The first-order valence-corrected chi connectivity index (χ1v) is 9.80. The van der Waals surface area contributed by atoms with Crippen molar-refractivity contribution in [3.63, 3.8) is 0 Å². The van der Waals surface area contributed by atoms with Gasteiger partial charge in [-0.2, -0.15) is 0 Å². The van der Waals surface area contributed by atoms with Crippen LogP contribution in [0.2, 0.25) is 10.0 Å². The minimum absolute atomic E-state index is 0.310. The van der Waals surface area contributed by atoms with Gasteiger partial charge in [0.05, 0.1) is 22.9 Å². The van der Waals surface area contributed by atoms with E-state index in [1.165, 1.54) is 5.56 Å².